The molecule has 0 atom stereocenters. The van der Waals surface area contributed by atoms with Gasteiger partial charge in [-0.2, -0.15) is 5.10 Å². The molecular weight excluding hydrogens is 480 g/mol. The van der Waals surface area contributed by atoms with Gasteiger partial charge in [-0.25, -0.2) is 10.4 Å². The van der Waals surface area contributed by atoms with Crippen LogP contribution in [0.5, 0.6) is 11.5 Å². The number of thiazole rings is 1. The Balaban J connectivity index is 1.30. The third-order valence-corrected chi connectivity index (χ3v) is 5.99. The number of nitro groups is 1. The summed E-state index contributed by atoms with van der Waals surface area (Å²) >= 11 is 1.49. The number of nitrogens with one attached hydrogen (secondary N) is 1. The molecule has 1 N–H and O–H groups in total. The number of rotatable bonds is 10. The average molecular weight is 503 g/mol. The van der Waals surface area contributed by atoms with Crippen LogP contribution in [0.2, 0.25) is 0 Å². The number of aromatic nitrogens is 1. The minimum atomic E-state index is -0.447. The van der Waals surface area contributed by atoms with E-state index in [0.29, 0.717) is 22.8 Å². The zero-order valence-electron chi connectivity index (χ0n) is 19.3. The standard InChI is InChI=1S/C26H22N4O5S/c1-34-24-13-19(9-12-23(24)35-16-18-7-10-22(11-8-18)30(32)33)15-27-29-25(31)14-21-17-36-26(28-21)20-5-3-2-4-6-20/h2-13,15,17H,14,16H2,1H3,(H,29,31)/b27-15+. The van der Waals surface area contributed by atoms with Gasteiger partial charge < -0.3 is 9.47 Å². The maximum Gasteiger partial charge on any atom is 0.269 e. The number of benzene rings is 3. The molecule has 1 amide bonds. The van der Waals surface area contributed by atoms with Crippen LogP contribution in [0.25, 0.3) is 10.6 Å². The topological polar surface area (TPSA) is 116 Å². The van der Waals surface area contributed by atoms with Gasteiger partial charge in [-0.15, -0.1) is 11.3 Å². The molecule has 0 unspecified atom stereocenters. The number of methoxy groups -OCH3 is 1. The third kappa shape index (κ3) is 6.51. The Labute approximate surface area is 211 Å². The van der Waals surface area contributed by atoms with E-state index in [-0.39, 0.29) is 24.6 Å². The van der Waals surface area contributed by atoms with Gasteiger partial charge in [0.1, 0.15) is 11.6 Å². The number of non-ortho nitro benzene ring substituents is 1. The Kier molecular flexibility index (Phi) is 7.99. The molecule has 182 valence electrons. The lowest BCUT2D eigenvalue weighted by Gasteiger charge is -2.11. The fourth-order valence-electron chi connectivity index (χ4n) is 3.24. The molecule has 4 aromatic rings. The van der Waals surface area contributed by atoms with E-state index in [1.807, 2.05) is 35.7 Å². The average Bonchev–Trinajstić information content (AvgIpc) is 3.37. The first-order valence-electron chi connectivity index (χ1n) is 10.9. The molecule has 0 aliphatic carbocycles. The van der Waals surface area contributed by atoms with Crippen molar-refractivity contribution in [3.05, 3.63) is 105 Å². The highest BCUT2D eigenvalue weighted by molar-refractivity contribution is 7.13. The fourth-order valence-corrected chi connectivity index (χ4v) is 4.07. The number of carbonyl (C=O) groups is 1. The second-order valence-corrected chi connectivity index (χ2v) is 8.46. The highest BCUT2D eigenvalue weighted by Gasteiger charge is 2.10. The summed E-state index contributed by atoms with van der Waals surface area (Å²) in [5.74, 6) is 0.726. The summed E-state index contributed by atoms with van der Waals surface area (Å²) in [5.41, 5.74) is 5.72. The number of amides is 1. The summed E-state index contributed by atoms with van der Waals surface area (Å²) in [6.45, 7) is 0.223. The van der Waals surface area contributed by atoms with Crippen molar-refractivity contribution in [3.8, 4) is 22.1 Å². The maximum atomic E-state index is 12.3. The van der Waals surface area contributed by atoms with E-state index in [9.17, 15) is 14.9 Å². The van der Waals surface area contributed by atoms with Crippen LogP contribution in [0.4, 0.5) is 5.69 Å². The molecule has 0 radical (unpaired) electrons. The van der Waals surface area contributed by atoms with Crippen LogP contribution in [-0.4, -0.2) is 29.1 Å². The van der Waals surface area contributed by atoms with Gasteiger partial charge in [0.2, 0.25) is 5.91 Å². The summed E-state index contributed by atoms with van der Waals surface area (Å²) < 4.78 is 11.2. The van der Waals surface area contributed by atoms with Gasteiger partial charge in [0.25, 0.3) is 5.69 Å². The quantitative estimate of drug-likeness (QED) is 0.185. The number of nitrogens with zero attached hydrogens (tertiary/aromatic N) is 3. The van der Waals surface area contributed by atoms with E-state index >= 15 is 0 Å². The Bertz CT molecular complexity index is 1370. The Hall–Kier alpha value is -4.57. The second kappa shape index (κ2) is 11.7. The summed E-state index contributed by atoms with van der Waals surface area (Å²) in [7, 11) is 1.52. The van der Waals surface area contributed by atoms with Gasteiger partial charge >= 0.3 is 0 Å². The third-order valence-electron chi connectivity index (χ3n) is 5.05. The SMILES string of the molecule is COc1cc(/C=N/NC(=O)Cc2csc(-c3ccccc3)n2)ccc1OCc1ccc([N+](=O)[O-])cc1. The van der Waals surface area contributed by atoms with Crippen molar-refractivity contribution in [1.82, 2.24) is 10.4 Å². The summed E-state index contributed by atoms with van der Waals surface area (Å²) in [5, 5.41) is 17.5. The number of hydrogen-bond acceptors (Lipinski definition) is 8. The van der Waals surface area contributed by atoms with Gasteiger partial charge in [-0.3, -0.25) is 14.9 Å². The molecule has 1 heterocycles. The molecule has 0 fully saturated rings. The Morgan fingerprint density at radius 2 is 1.89 bits per heavy atom. The smallest absolute Gasteiger partial charge is 0.269 e. The predicted octanol–water partition coefficient (Wildman–Crippen LogP) is 5.00. The van der Waals surface area contributed by atoms with Crippen molar-refractivity contribution < 1.29 is 19.2 Å². The lowest BCUT2D eigenvalue weighted by molar-refractivity contribution is -0.384. The molecule has 0 bridgehead atoms. The minimum Gasteiger partial charge on any atom is -0.493 e. The summed E-state index contributed by atoms with van der Waals surface area (Å²) in [6.07, 6.45) is 1.64. The van der Waals surface area contributed by atoms with Crippen LogP contribution < -0.4 is 14.9 Å². The van der Waals surface area contributed by atoms with E-state index in [0.717, 1.165) is 16.1 Å². The van der Waals surface area contributed by atoms with Gasteiger partial charge in [-0.05, 0) is 41.5 Å². The second-order valence-electron chi connectivity index (χ2n) is 7.60. The molecule has 3 aromatic carbocycles. The number of ether oxygens (including phenoxy) is 2. The van der Waals surface area contributed by atoms with Crippen molar-refractivity contribution in [3.63, 3.8) is 0 Å². The van der Waals surface area contributed by atoms with E-state index < -0.39 is 4.92 Å². The van der Waals surface area contributed by atoms with E-state index in [1.165, 1.54) is 36.8 Å². The van der Waals surface area contributed by atoms with Crippen LogP contribution in [0.15, 0.2) is 83.3 Å². The van der Waals surface area contributed by atoms with Crippen molar-refractivity contribution in [1.29, 1.82) is 0 Å². The molecule has 9 nitrogen and oxygen atoms in total. The molecule has 0 spiro atoms. The van der Waals surface area contributed by atoms with Gasteiger partial charge in [0.15, 0.2) is 11.5 Å². The lowest BCUT2D eigenvalue weighted by Crippen LogP contribution is -2.19. The molecule has 4 rings (SSSR count). The highest BCUT2D eigenvalue weighted by atomic mass is 32.1. The number of nitro benzene ring substituents is 1. The van der Waals surface area contributed by atoms with Crippen molar-refractivity contribution >= 4 is 29.1 Å². The normalized spacial score (nSPS) is 10.8. The molecule has 36 heavy (non-hydrogen) atoms. The number of carbonyl (C=O) groups excluding carboxylic acids is 1. The fraction of sp³-hybridized carbons (Fsp3) is 0.115. The zero-order chi connectivity index (χ0) is 25.3. The molecule has 0 saturated heterocycles. The van der Waals surface area contributed by atoms with Crippen LogP contribution in [0.3, 0.4) is 0 Å². The van der Waals surface area contributed by atoms with Crippen molar-refractivity contribution in [2.45, 2.75) is 13.0 Å². The van der Waals surface area contributed by atoms with Crippen LogP contribution >= 0.6 is 11.3 Å². The number of hydrazone groups is 1. The molecule has 0 aliphatic heterocycles. The predicted molar refractivity (Wildman–Crippen MR) is 137 cm³/mol. The van der Waals surface area contributed by atoms with Gasteiger partial charge in [-0.1, -0.05) is 30.3 Å². The van der Waals surface area contributed by atoms with Gasteiger partial charge in [0, 0.05) is 23.1 Å². The molecular formula is C26H22N4O5S. The first kappa shape index (κ1) is 24.6. The maximum absolute atomic E-state index is 12.3. The Morgan fingerprint density at radius 1 is 1.11 bits per heavy atom. The van der Waals surface area contributed by atoms with Crippen molar-refractivity contribution in [2.75, 3.05) is 7.11 Å². The first-order chi connectivity index (χ1) is 17.5. The largest absolute Gasteiger partial charge is 0.493 e. The van der Waals surface area contributed by atoms with Crippen molar-refractivity contribution in [2.24, 2.45) is 5.10 Å². The lowest BCUT2D eigenvalue weighted by atomic mass is 10.2. The van der Waals surface area contributed by atoms with Crippen LogP contribution in [0.1, 0.15) is 16.8 Å². The number of hydrogen-bond donors (Lipinski definition) is 1. The van der Waals surface area contributed by atoms with Crippen LogP contribution in [0, 0.1) is 10.1 Å². The first-order valence-corrected chi connectivity index (χ1v) is 11.8. The molecule has 10 heteroatoms. The minimum absolute atomic E-state index is 0.0237. The zero-order valence-corrected chi connectivity index (χ0v) is 20.1. The Morgan fingerprint density at radius 3 is 2.61 bits per heavy atom. The summed E-state index contributed by atoms with van der Waals surface area (Å²) in [4.78, 5) is 27.1. The molecule has 0 saturated carbocycles. The summed E-state index contributed by atoms with van der Waals surface area (Å²) in [6, 6.07) is 21.2. The van der Waals surface area contributed by atoms with E-state index in [2.05, 4.69) is 15.5 Å². The molecule has 0 aliphatic rings. The highest BCUT2D eigenvalue weighted by Crippen LogP contribution is 2.28. The van der Waals surface area contributed by atoms with Crippen LogP contribution in [-0.2, 0) is 17.8 Å². The van der Waals surface area contributed by atoms with E-state index in [4.69, 9.17) is 9.47 Å². The van der Waals surface area contributed by atoms with Gasteiger partial charge in [0.05, 0.1) is 30.4 Å². The van der Waals surface area contributed by atoms with E-state index in [1.54, 1.807) is 30.3 Å². The monoisotopic (exact) mass is 502 g/mol. The molecule has 1 aromatic heterocycles.